The van der Waals surface area contributed by atoms with Gasteiger partial charge in [0.1, 0.15) is 10.2 Å². The van der Waals surface area contributed by atoms with Crippen LogP contribution in [-0.2, 0) is 6.42 Å². The molecular formula is C15H13Cl2N3S. The normalized spacial score (nSPS) is 12.5. The van der Waals surface area contributed by atoms with Crippen LogP contribution >= 0.6 is 34.5 Å². The van der Waals surface area contributed by atoms with Crippen LogP contribution in [0.4, 0.5) is 0 Å². The number of aromatic nitrogens is 2. The third kappa shape index (κ3) is 3.30. The number of nitrogens with one attached hydrogen (secondary N) is 1. The topological polar surface area (TPSA) is 54.7 Å². The van der Waals surface area contributed by atoms with Gasteiger partial charge in [0.25, 0.3) is 0 Å². The van der Waals surface area contributed by atoms with Crippen molar-refractivity contribution in [1.29, 1.82) is 0 Å². The second-order valence-corrected chi connectivity index (χ2v) is 7.00. The first-order valence-electron chi connectivity index (χ1n) is 6.43. The van der Waals surface area contributed by atoms with E-state index in [-0.39, 0.29) is 6.04 Å². The van der Waals surface area contributed by atoms with Gasteiger partial charge in [0, 0.05) is 5.56 Å². The predicted molar refractivity (Wildman–Crippen MR) is 89.0 cm³/mol. The van der Waals surface area contributed by atoms with E-state index in [0.29, 0.717) is 8.67 Å². The Labute approximate surface area is 136 Å². The van der Waals surface area contributed by atoms with E-state index in [9.17, 15) is 0 Å². The van der Waals surface area contributed by atoms with E-state index in [2.05, 4.69) is 22.1 Å². The number of thiophene rings is 1. The van der Waals surface area contributed by atoms with Crippen LogP contribution in [0.25, 0.3) is 11.3 Å². The minimum absolute atomic E-state index is 0.186. The molecule has 0 aliphatic rings. The Kier molecular flexibility index (Phi) is 4.31. The predicted octanol–water partition coefficient (Wildman–Crippen LogP) is 4.69. The quantitative estimate of drug-likeness (QED) is 0.725. The van der Waals surface area contributed by atoms with Crippen LogP contribution < -0.4 is 5.73 Å². The van der Waals surface area contributed by atoms with Gasteiger partial charge in [-0.3, -0.25) is 0 Å². The Balaban J connectivity index is 1.80. The maximum absolute atomic E-state index is 6.21. The molecule has 108 valence electrons. The first-order chi connectivity index (χ1) is 10.1. The van der Waals surface area contributed by atoms with Crippen molar-refractivity contribution in [3.63, 3.8) is 0 Å². The largest absolute Gasteiger partial charge is 0.341 e. The summed E-state index contributed by atoms with van der Waals surface area (Å²) in [6.07, 6.45) is 2.47. The number of H-pyrrole nitrogens is 1. The summed E-state index contributed by atoms with van der Waals surface area (Å²) < 4.78 is 1.30. The highest BCUT2D eigenvalue weighted by Crippen LogP contribution is 2.37. The molecule has 21 heavy (non-hydrogen) atoms. The molecule has 0 bridgehead atoms. The Morgan fingerprint density at radius 1 is 1.24 bits per heavy atom. The molecule has 0 amide bonds. The van der Waals surface area contributed by atoms with Crippen LogP contribution in [0.2, 0.25) is 8.67 Å². The van der Waals surface area contributed by atoms with Crippen LogP contribution in [0.5, 0.6) is 0 Å². The number of rotatable bonds is 4. The van der Waals surface area contributed by atoms with Crippen LogP contribution in [0.1, 0.15) is 17.4 Å². The first-order valence-corrected chi connectivity index (χ1v) is 8.00. The molecule has 3 aromatic rings. The molecule has 0 radical (unpaired) electrons. The fourth-order valence-electron chi connectivity index (χ4n) is 2.15. The summed E-state index contributed by atoms with van der Waals surface area (Å²) in [7, 11) is 0. The highest BCUT2D eigenvalue weighted by Gasteiger charge is 2.15. The fourth-order valence-corrected chi connectivity index (χ4v) is 3.64. The Bertz CT molecular complexity index is 736. The third-order valence-electron chi connectivity index (χ3n) is 3.19. The lowest BCUT2D eigenvalue weighted by atomic mass is 10.1. The average Bonchev–Trinajstić information content (AvgIpc) is 3.06. The van der Waals surface area contributed by atoms with E-state index in [1.54, 1.807) is 6.20 Å². The van der Waals surface area contributed by atoms with Crippen LogP contribution in [0.15, 0.2) is 42.6 Å². The summed E-state index contributed by atoms with van der Waals surface area (Å²) in [5.41, 5.74) is 9.09. The van der Waals surface area contributed by atoms with Crippen LogP contribution in [-0.4, -0.2) is 9.97 Å². The molecule has 3 N–H and O–H groups in total. The maximum atomic E-state index is 6.21. The highest BCUT2D eigenvalue weighted by molar-refractivity contribution is 7.20. The van der Waals surface area contributed by atoms with E-state index in [1.807, 2.05) is 24.3 Å². The van der Waals surface area contributed by atoms with Gasteiger partial charge >= 0.3 is 0 Å². The van der Waals surface area contributed by atoms with E-state index in [0.717, 1.165) is 23.5 Å². The zero-order valence-corrected chi connectivity index (χ0v) is 13.3. The summed E-state index contributed by atoms with van der Waals surface area (Å²) in [5.74, 6) is 0.743. The van der Waals surface area contributed by atoms with Crippen molar-refractivity contribution in [1.82, 2.24) is 9.97 Å². The zero-order chi connectivity index (χ0) is 14.8. The van der Waals surface area contributed by atoms with E-state index in [4.69, 9.17) is 28.9 Å². The lowest BCUT2D eigenvalue weighted by Crippen LogP contribution is -2.14. The van der Waals surface area contributed by atoms with Crippen molar-refractivity contribution >= 4 is 34.5 Å². The van der Waals surface area contributed by atoms with E-state index >= 15 is 0 Å². The monoisotopic (exact) mass is 337 g/mol. The van der Waals surface area contributed by atoms with Gasteiger partial charge in [-0.2, -0.15) is 0 Å². The molecule has 1 unspecified atom stereocenters. The molecule has 0 aliphatic heterocycles. The molecule has 3 nitrogen and oxygen atoms in total. The second-order valence-electron chi connectivity index (χ2n) is 4.72. The SMILES string of the molecule is NC(Cc1ccccc1)c1ncc(-c2cc(Cl)sc2Cl)[nH]1. The number of aromatic amines is 1. The van der Waals surface area contributed by atoms with Crippen molar-refractivity contribution in [2.24, 2.45) is 5.73 Å². The van der Waals surface area contributed by atoms with E-state index < -0.39 is 0 Å². The summed E-state index contributed by atoms with van der Waals surface area (Å²) in [4.78, 5) is 7.59. The lowest BCUT2D eigenvalue weighted by molar-refractivity contribution is 0.678. The number of halogens is 2. The Hall–Kier alpha value is -1.33. The number of hydrogen-bond donors (Lipinski definition) is 2. The molecule has 1 atom stereocenters. The maximum Gasteiger partial charge on any atom is 0.123 e. The number of benzene rings is 1. The minimum Gasteiger partial charge on any atom is -0.341 e. The standard InChI is InChI=1S/C15H13Cl2N3S/c16-13-7-10(14(17)21-13)12-8-19-15(20-12)11(18)6-9-4-2-1-3-5-9/h1-5,7-8,11H,6,18H2,(H,19,20). The second kappa shape index (κ2) is 6.20. The van der Waals surface area contributed by atoms with Crippen molar-refractivity contribution < 1.29 is 0 Å². The molecule has 0 saturated carbocycles. The fraction of sp³-hybridized carbons (Fsp3) is 0.133. The van der Waals surface area contributed by atoms with Crippen LogP contribution in [0.3, 0.4) is 0 Å². The molecule has 0 spiro atoms. The summed E-state index contributed by atoms with van der Waals surface area (Å²) in [6.45, 7) is 0. The average molecular weight is 338 g/mol. The molecule has 1 aromatic carbocycles. The smallest absolute Gasteiger partial charge is 0.123 e. The van der Waals surface area contributed by atoms with Crippen molar-refractivity contribution in [2.75, 3.05) is 0 Å². The highest BCUT2D eigenvalue weighted by atomic mass is 35.5. The molecule has 0 fully saturated rings. The molecule has 0 saturated heterocycles. The molecule has 0 aliphatic carbocycles. The summed E-state index contributed by atoms with van der Waals surface area (Å²) in [5, 5.41) is 0. The molecular weight excluding hydrogens is 325 g/mol. The lowest BCUT2D eigenvalue weighted by Gasteiger charge is -2.08. The van der Waals surface area contributed by atoms with Gasteiger partial charge in [-0.25, -0.2) is 4.98 Å². The number of imidazole rings is 1. The zero-order valence-electron chi connectivity index (χ0n) is 11.0. The Morgan fingerprint density at radius 3 is 2.67 bits per heavy atom. The van der Waals surface area contributed by atoms with Crippen LogP contribution in [0, 0.1) is 0 Å². The molecule has 6 heteroatoms. The first kappa shape index (κ1) is 14.6. The molecule has 2 heterocycles. The number of nitrogens with zero attached hydrogens (tertiary/aromatic N) is 1. The van der Waals surface area contributed by atoms with Gasteiger partial charge < -0.3 is 10.7 Å². The number of hydrogen-bond acceptors (Lipinski definition) is 3. The summed E-state index contributed by atoms with van der Waals surface area (Å²) >= 11 is 13.5. The van der Waals surface area contributed by atoms with Crippen molar-refractivity contribution in [2.45, 2.75) is 12.5 Å². The van der Waals surface area contributed by atoms with Gasteiger partial charge in [0.05, 0.1) is 22.3 Å². The van der Waals surface area contributed by atoms with Gasteiger partial charge in [-0.15, -0.1) is 11.3 Å². The Morgan fingerprint density at radius 2 is 2.00 bits per heavy atom. The van der Waals surface area contributed by atoms with Gasteiger partial charge in [0.15, 0.2) is 0 Å². The number of nitrogens with two attached hydrogens (primary N) is 1. The minimum atomic E-state index is -0.186. The van der Waals surface area contributed by atoms with Crippen molar-refractivity contribution in [3.05, 3.63) is 62.7 Å². The molecule has 2 aromatic heterocycles. The van der Waals surface area contributed by atoms with Gasteiger partial charge in [0.2, 0.25) is 0 Å². The van der Waals surface area contributed by atoms with Gasteiger partial charge in [-0.05, 0) is 18.1 Å². The summed E-state index contributed by atoms with van der Waals surface area (Å²) in [6, 6.07) is 11.7. The van der Waals surface area contributed by atoms with E-state index in [1.165, 1.54) is 16.9 Å². The van der Waals surface area contributed by atoms with Gasteiger partial charge in [-0.1, -0.05) is 53.5 Å². The van der Waals surface area contributed by atoms with Crippen molar-refractivity contribution in [3.8, 4) is 11.3 Å². The molecule has 3 rings (SSSR count). The third-order valence-corrected chi connectivity index (χ3v) is 4.68.